The molecule has 4 aliphatic rings. The molecular formula is C23H30Cl2O4. The molecule has 3 fully saturated rings. The molecule has 7 atom stereocenters. The average molecular weight is 441 g/mol. The minimum atomic E-state index is -1.13. The first-order chi connectivity index (χ1) is 13.4. The number of carbonyl (C=O) groups excluding carboxylic acids is 3. The predicted octanol–water partition coefficient (Wildman–Crippen LogP) is 4.99. The topological polar surface area (TPSA) is 60.4 Å². The van der Waals surface area contributed by atoms with Gasteiger partial charge in [0.15, 0.2) is 17.2 Å². The molecule has 0 aliphatic heterocycles. The van der Waals surface area contributed by atoms with Crippen molar-refractivity contribution in [2.45, 2.75) is 88.5 Å². The Balaban J connectivity index is 1.81. The van der Waals surface area contributed by atoms with Gasteiger partial charge in [-0.1, -0.05) is 19.4 Å². The van der Waals surface area contributed by atoms with Crippen LogP contribution >= 0.6 is 23.2 Å². The van der Waals surface area contributed by atoms with Crippen molar-refractivity contribution < 1.29 is 19.1 Å². The van der Waals surface area contributed by atoms with Crippen molar-refractivity contribution in [3.63, 3.8) is 0 Å². The summed E-state index contributed by atoms with van der Waals surface area (Å²) in [5.41, 5.74) is -0.872. The molecule has 4 aliphatic carbocycles. The maximum absolute atomic E-state index is 12.8. The smallest absolute Gasteiger partial charge is 0.303 e. The molecule has 4 nitrogen and oxygen atoms in total. The molecule has 6 heteroatoms. The summed E-state index contributed by atoms with van der Waals surface area (Å²) in [6.07, 6.45) is 6.52. The van der Waals surface area contributed by atoms with E-state index in [1.807, 2.05) is 0 Å². The summed E-state index contributed by atoms with van der Waals surface area (Å²) >= 11 is 14.6. The van der Waals surface area contributed by atoms with Gasteiger partial charge in [-0.2, -0.15) is 0 Å². The van der Waals surface area contributed by atoms with Crippen LogP contribution in [0.3, 0.4) is 0 Å². The first-order valence-corrected chi connectivity index (χ1v) is 11.5. The van der Waals surface area contributed by atoms with E-state index in [0.29, 0.717) is 25.7 Å². The lowest BCUT2D eigenvalue weighted by Crippen LogP contribution is -2.68. The Kier molecular flexibility index (Phi) is 4.83. The third kappa shape index (κ3) is 2.54. The van der Waals surface area contributed by atoms with Gasteiger partial charge in [-0.05, 0) is 63.4 Å². The second kappa shape index (κ2) is 6.56. The van der Waals surface area contributed by atoms with Crippen LogP contribution in [0.5, 0.6) is 0 Å². The lowest BCUT2D eigenvalue weighted by molar-refractivity contribution is -0.185. The SMILES string of the molecule is CC(=O)O[C@]1(C(C)=O)CC[C@@H]2[C@@H]3CCC4=CC(=O)CC[C@]4(C)[C@@]3(Cl)[C@@H](Cl)C[C@@]21C. The summed E-state index contributed by atoms with van der Waals surface area (Å²) < 4.78 is 5.79. The largest absolute Gasteiger partial charge is 0.451 e. The standard InChI is InChI=1S/C23H30Cl2O4/c1-13(26)22(29-14(2)27)10-8-17-18-6-5-15-11-16(28)7-9-20(15,3)23(18,25)19(24)12-21(17,22)4/h11,17-19H,5-10,12H2,1-4H3/t17-,18+,19+,20+,21+,22+,23+/m1/s1. The number of halogens is 2. The number of ether oxygens (including phenoxy) is 1. The quantitative estimate of drug-likeness (QED) is 0.448. The number of alkyl halides is 2. The number of esters is 1. The normalized spacial score (nSPS) is 48.8. The zero-order valence-electron chi connectivity index (χ0n) is 17.6. The number of hydrogen-bond donors (Lipinski definition) is 0. The molecule has 0 aromatic carbocycles. The lowest BCUT2D eigenvalue weighted by Gasteiger charge is -2.64. The first-order valence-electron chi connectivity index (χ1n) is 10.7. The molecule has 160 valence electrons. The molecule has 0 amide bonds. The van der Waals surface area contributed by atoms with Gasteiger partial charge in [-0.3, -0.25) is 14.4 Å². The number of carbonyl (C=O) groups is 3. The van der Waals surface area contributed by atoms with E-state index in [9.17, 15) is 14.4 Å². The first kappa shape index (κ1) is 21.4. The van der Waals surface area contributed by atoms with Crippen LogP contribution in [0.15, 0.2) is 11.6 Å². The molecule has 0 aromatic rings. The van der Waals surface area contributed by atoms with E-state index in [1.54, 1.807) is 6.08 Å². The van der Waals surface area contributed by atoms with E-state index in [4.69, 9.17) is 27.9 Å². The molecule has 29 heavy (non-hydrogen) atoms. The average Bonchev–Trinajstić information content (AvgIpc) is 2.90. The van der Waals surface area contributed by atoms with Gasteiger partial charge in [0.2, 0.25) is 0 Å². The van der Waals surface area contributed by atoms with Gasteiger partial charge in [-0.25, -0.2) is 0 Å². The molecule has 0 bridgehead atoms. The fourth-order valence-corrected chi connectivity index (χ4v) is 8.83. The highest BCUT2D eigenvalue weighted by atomic mass is 35.5. The minimum absolute atomic E-state index is 0.102. The summed E-state index contributed by atoms with van der Waals surface area (Å²) in [5, 5.41) is -0.385. The maximum atomic E-state index is 12.8. The highest BCUT2D eigenvalue weighted by Crippen LogP contribution is 2.72. The Morgan fingerprint density at radius 2 is 1.79 bits per heavy atom. The van der Waals surface area contributed by atoms with E-state index in [0.717, 1.165) is 24.8 Å². The van der Waals surface area contributed by atoms with Gasteiger partial charge in [0.25, 0.3) is 0 Å². The summed E-state index contributed by atoms with van der Waals surface area (Å²) in [7, 11) is 0. The zero-order valence-corrected chi connectivity index (χ0v) is 19.2. The van der Waals surface area contributed by atoms with Crippen molar-refractivity contribution in [1.29, 1.82) is 0 Å². The van der Waals surface area contributed by atoms with Gasteiger partial charge in [0.05, 0.1) is 10.3 Å². The summed E-state index contributed by atoms with van der Waals surface area (Å²) in [5.74, 6) is -0.0990. The molecule has 0 aromatic heterocycles. The minimum Gasteiger partial charge on any atom is -0.451 e. The van der Waals surface area contributed by atoms with Gasteiger partial charge < -0.3 is 4.74 Å². The van der Waals surface area contributed by atoms with Crippen LogP contribution in [0.4, 0.5) is 0 Å². The van der Waals surface area contributed by atoms with Crippen molar-refractivity contribution in [2.75, 3.05) is 0 Å². The van der Waals surface area contributed by atoms with E-state index in [2.05, 4.69) is 13.8 Å². The third-order valence-electron chi connectivity index (χ3n) is 9.01. The summed E-state index contributed by atoms with van der Waals surface area (Å²) in [6, 6.07) is 0. The van der Waals surface area contributed by atoms with Gasteiger partial charge >= 0.3 is 5.97 Å². The van der Waals surface area contributed by atoms with E-state index in [1.165, 1.54) is 13.8 Å². The maximum Gasteiger partial charge on any atom is 0.303 e. The Bertz CT molecular complexity index is 822. The number of hydrogen-bond acceptors (Lipinski definition) is 4. The van der Waals surface area contributed by atoms with E-state index in [-0.39, 0.29) is 34.2 Å². The molecule has 0 heterocycles. The van der Waals surface area contributed by atoms with E-state index < -0.39 is 21.9 Å². The Hall–Kier alpha value is -0.870. The molecule has 3 saturated carbocycles. The highest BCUT2D eigenvalue weighted by molar-refractivity contribution is 6.33. The second-order valence-electron chi connectivity index (χ2n) is 10.1. The molecule has 0 unspecified atom stereocenters. The Labute approximate surface area is 182 Å². The third-order valence-corrected chi connectivity index (χ3v) is 10.6. The van der Waals surface area contributed by atoms with Crippen molar-refractivity contribution in [2.24, 2.45) is 22.7 Å². The van der Waals surface area contributed by atoms with E-state index >= 15 is 0 Å². The fraction of sp³-hybridized carbons (Fsp3) is 0.783. The molecule has 0 N–H and O–H groups in total. The van der Waals surface area contributed by atoms with Crippen LogP contribution in [-0.2, 0) is 19.1 Å². The predicted molar refractivity (Wildman–Crippen MR) is 112 cm³/mol. The van der Waals surface area contributed by atoms with Crippen molar-refractivity contribution in [3.8, 4) is 0 Å². The molecule has 0 saturated heterocycles. The van der Waals surface area contributed by atoms with Crippen molar-refractivity contribution in [1.82, 2.24) is 0 Å². The second-order valence-corrected chi connectivity index (χ2v) is 11.2. The van der Waals surface area contributed by atoms with Crippen LogP contribution in [-0.4, -0.2) is 33.4 Å². The van der Waals surface area contributed by atoms with Crippen LogP contribution < -0.4 is 0 Å². The molecular weight excluding hydrogens is 411 g/mol. The number of allylic oxidation sites excluding steroid dienone is 1. The van der Waals surface area contributed by atoms with Gasteiger partial charge in [0.1, 0.15) is 0 Å². The molecule has 0 radical (unpaired) electrons. The summed E-state index contributed by atoms with van der Waals surface area (Å²) in [6.45, 7) is 7.13. The number of Topliss-reactive ketones (excluding diaryl/α,β-unsaturated/α-hetero) is 1. The monoisotopic (exact) mass is 440 g/mol. The summed E-state index contributed by atoms with van der Waals surface area (Å²) in [4.78, 5) is 36.2. The fourth-order valence-electron chi connectivity index (χ4n) is 7.56. The number of fused-ring (bicyclic) bond motifs is 5. The van der Waals surface area contributed by atoms with Crippen LogP contribution in [0.1, 0.15) is 72.6 Å². The molecule has 4 rings (SSSR count). The number of ketones is 2. The Morgan fingerprint density at radius 1 is 1.10 bits per heavy atom. The lowest BCUT2D eigenvalue weighted by atomic mass is 9.45. The van der Waals surface area contributed by atoms with Gasteiger partial charge in [-0.15, -0.1) is 23.2 Å². The molecule has 0 spiro atoms. The van der Waals surface area contributed by atoms with Crippen LogP contribution in [0.25, 0.3) is 0 Å². The number of rotatable bonds is 2. The van der Waals surface area contributed by atoms with Crippen molar-refractivity contribution >= 4 is 40.7 Å². The highest BCUT2D eigenvalue weighted by Gasteiger charge is 2.74. The van der Waals surface area contributed by atoms with Gasteiger partial charge in [0, 0.05) is 24.2 Å². The van der Waals surface area contributed by atoms with Crippen LogP contribution in [0, 0.1) is 22.7 Å². The zero-order chi connectivity index (χ0) is 21.4. The van der Waals surface area contributed by atoms with Crippen molar-refractivity contribution in [3.05, 3.63) is 11.6 Å². The Morgan fingerprint density at radius 3 is 2.41 bits per heavy atom. The van der Waals surface area contributed by atoms with Crippen LogP contribution in [0.2, 0.25) is 0 Å².